The van der Waals surface area contributed by atoms with Crippen LogP contribution in [0.3, 0.4) is 0 Å². The third-order valence-electron chi connectivity index (χ3n) is 2.69. The Labute approximate surface area is 106 Å². The molecule has 0 aliphatic rings. The molecule has 0 fully saturated rings. The van der Waals surface area contributed by atoms with Crippen LogP contribution >= 0.6 is 0 Å². The van der Waals surface area contributed by atoms with E-state index in [4.69, 9.17) is 4.42 Å². The molecule has 0 aliphatic carbocycles. The number of nitrogens with one attached hydrogen (secondary N) is 1. The first-order chi connectivity index (χ1) is 8.58. The van der Waals surface area contributed by atoms with Gasteiger partial charge in [0.25, 0.3) is 0 Å². The Balaban J connectivity index is 2.30. The largest absolute Gasteiger partial charge is 0.443 e. The molecule has 1 heterocycles. The quantitative estimate of drug-likeness (QED) is 0.902. The summed E-state index contributed by atoms with van der Waals surface area (Å²) in [6.45, 7) is 6.52. The van der Waals surface area contributed by atoms with Crippen LogP contribution in [0.1, 0.15) is 25.1 Å². The van der Waals surface area contributed by atoms with Crippen molar-refractivity contribution in [2.75, 3.05) is 0 Å². The van der Waals surface area contributed by atoms with Gasteiger partial charge in [0.1, 0.15) is 11.5 Å². The van der Waals surface area contributed by atoms with E-state index in [1.165, 1.54) is 12.5 Å². The average molecular weight is 248 g/mol. The standard InChI is InChI=1S/C14H17FN2O/c1-9(2)16-7-13-14(18-8-17-13)11-5-4-10(3)6-12(11)15/h4-6,8-9,16H,7H2,1-3H3. The van der Waals surface area contributed by atoms with E-state index >= 15 is 0 Å². The topological polar surface area (TPSA) is 38.1 Å². The third kappa shape index (κ3) is 2.76. The maximum atomic E-state index is 13.9. The third-order valence-corrected chi connectivity index (χ3v) is 2.69. The highest BCUT2D eigenvalue weighted by molar-refractivity contribution is 5.60. The fourth-order valence-electron chi connectivity index (χ4n) is 1.72. The molecular formula is C14H17FN2O. The average Bonchev–Trinajstić information content (AvgIpc) is 2.74. The summed E-state index contributed by atoms with van der Waals surface area (Å²) in [7, 11) is 0. The van der Waals surface area contributed by atoms with Crippen molar-refractivity contribution in [2.45, 2.75) is 33.4 Å². The summed E-state index contributed by atoms with van der Waals surface area (Å²) in [4.78, 5) is 4.13. The number of hydrogen-bond donors (Lipinski definition) is 1. The minimum atomic E-state index is -0.280. The lowest BCUT2D eigenvalue weighted by molar-refractivity contribution is 0.554. The first-order valence-electron chi connectivity index (χ1n) is 6.00. The van der Waals surface area contributed by atoms with E-state index in [0.29, 0.717) is 23.9 Å². The molecule has 2 aromatic rings. The van der Waals surface area contributed by atoms with Crippen molar-refractivity contribution in [1.29, 1.82) is 0 Å². The lowest BCUT2D eigenvalue weighted by Gasteiger charge is -2.07. The first kappa shape index (κ1) is 12.8. The van der Waals surface area contributed by atoms with Crippen molar-refractivity contribution < 1.29 is 8.81 Å². The van der Waals surface area contributed by atoms with Crippen LogP contribution in [-0.4, -0.2) is 11.0 Å². The van der Waals surface area contributed by atoms with Crippen molar-refractivity contribution in [3.05, 3.63) is 41.7 Å². The van der Waals surface area contributed by atoms with E-state index < -0.39 is 0 Å². The number of benzene rings is 1. The number of nitrogens with zero attached hydrogens (tertiary/aromatic N) is 1. The molecule has 1 aromatic carbocycles. The molecular weight excluding hydrogens is 231 g/mol. The molecule has 0 spiro atoms. The Bertz CT molecular complexity index is 534. The van der Waals surface area contributed by atoms with Gasteiger partial charge in [-0.3, -0.25) is 0 Å². The first-order valence-corrected chi connectivity index (χ1v) is 6.00. The minimum Gasteiger partial charge on any atom is -0.443 e. The molecule has 0 saturated heterocycles. The van der Waals surface area contributed by atoms with Gasteiger partial charge in [0, 0.05) is 12.6 Å². The van der Waals surface area contributed by atoms with Crippen LogP contribution in [0.15, 0.2) is 29.0 Å². The number of hydrogen-bond acceptors (Lipinski definition) is 3. The minimum absolute atomic E-state index is 0.280. The highest BCUT2D eigenvalue weighted by Gasteiger charge is 2.14. The number of rotatable bonds is 4. The van der Waals surface area contributed by atoms with Crippen molar-refractivity contribution in [1.82, 2.24) is 10.3 Å². The zero-order valence-electron chi connectivity index (χ0n) is 10.8. The maximum absolute atomic E-state index is 13.9. The Morgan fingerprint density at radius 2 is 2.17 bits per heavy atom. The Morgan fingerprint density at radius 3 is 2.83 bits per heavy atom. The molecule has 2 rings (SSSR count). The molecule has 0 atom stereocenters. The molecule has 96 valence electrons. The molecule has 4 heteroatoms. The molecule has 0 amide bonds. The maximum Gasteiger partial charge on any atom is 0.181 e. The van der Waals surface area contributed by atoms with Gasteiger partial charge in [0.2, 0.25) is 0 Å². The van der Waals surface area contributed by atoms with Crippen LogP contribution in [-0.2, 0) is 6.54 Å². The van der Waals surface area contributed by atoms with Gasteiger partial charge in [-0.05, 0) is 24.6 Å². The van der Waals surface area contributed by atoms with E-state index in [1.807, 2.05) is 26.8 Å². The predicted octanol–water partition coefficient (Wildman–Crippen LogP) is 3.29. The van der Waals surface area contributed by atoms with Crippen molar-refractivity contribution in [3.63, 3.8) is 0 Å². The van der Waals surface area contributed by atoms with Gasteiger partial charge in [0.15, 0.2) is 12.2 Å². The van der Waals surface area contributed by atoms with Gasteiger partial charge in [0.05, 0.1) is 5.56 Å². The van der Waals surface area contributed by atoms with Crippen LogP contribution in [0.5, 0.6) is 0 Å². The summed E-state index contributed by atoms with van der Waals surface area (Å²) in [5, 5.41) is 3.24. The molecule has 18 heavy (non-hydrogen) atoms. The smallest absolute Gasteiger partial charge is 0.181 e. The fourth-order valence-corrected chi connectivity index (χ4v) is 1.72. The van der Waals surface area contributed by atoms with Crippen molar-refractivity contribution >= 4 is 0 Å². The van der Waals surface area contributed by atoms with E-state index in [2.05, 4.69) is 10.3 Å². The SMILES string of the molecule is Cc1ccc(-c2ocnc2CNC(C)C)c(F)c1. The second-order valence-electron chi connectivity index (χ2n) is 4.65. The number of halogens is 1. The van der Waals surface area contributed by atoms with Crippen LogP contribution < -0.4 is 5.32 Å². The van der Waals surface area contributed by atoms with Gasteiger partial charge in [-0.15, -0.1) is 0 Å². The summed E-state index contributed by atoms with van der Waals surface area (Å²) in [5.41, 5.74) is 2.07. The Morgan fingerprint density at radius 1 is 1.39 bits per heavy atom. The van der Waals surface area contributed by atoms with E-state index in [9.17, 15) is 4.39 Å². The summed E-state index contributed by atoms with van der Waals surface area (Å²) >= 11 is 0. The molecule has 0 bridgehead atoms. The van der Waals surface area contributed by atoms with Crippen molar-refractivity contribution in [3.8, 4) is 11.3 Å². The van der Waals surface area contributed by atoms with E-state index in [0.717, 1.165) is 11.3 Å². The molecule has 1 N–H and O–H groups in total. The monoisotopic (exact) mass is 248 g/mol. The van der Waals surface area contributed by atoms with Crippen molar-refractivity contribution in [2.24, 2.45) is 0 Å². The zero-order valence-corrected chi connectivity index (χ0v) is 10.8. The molecule has 0 radical (unpaired) electrons. The number of aryl methyl sites for hydroxylation is 1. The molecule has 0 unspecified atom stereocenters. The van der Waals surface area contributed by atoms with Gasteiger partial charge in [-0.25, -0.2) is 9.37 Å². The lowest BCUT2D eigenvalue weighted by atomic mass is 10.1. The molecule has 0 aliphatic heterocycles. The summed E-state index contributed by atoms with van der Waals surface area (Å²) in [5.74, 6) is 0.221. The summed E-state index contributed by atoms with van der Waals surface area (Å²) in [6.07, 6.45) is 1.35. The molecule has 3 nitrogen and oxygen atoms in total. The van der Waals surface area contributed by atoms with Gasteiger partial charge >= 0.3 is 0 Å². The highest BCUT2D eigenvalue weighted by Crippen LogP contribution is 2.26. The number of aromatic nitrogens is 1. The predicted molar refractivity (Wildman–Crippen MR) is 68.6 cm³/mol. The van der Waals surface area contributed by atoms with E-state index in [-0.39, 0.29) is 5.82 Å². The Hall–Kier alpha value is -1.68. The van der Waals surface area contributed by atoms with Crippen LogP contribution in [0, 0.1) is 12.7 Å². The second-order valence-corrected chi connectivity index (χ2v) is 4.65. The van der Waals surface area contributed by atoms with Gasteiger partial charge in [-0.1, -0.05) is 19.9 Å². The lowest BCUT2D eigenvalue weighted by Crippen LogP contribution is -2.22. The van der Waals surface area contributed by atoms with Crippen LogP contribution in [0.4, 0.5) is 4.39 Å². The second kappa shape index (κ2) is 5.31. The molecule has 1 aromatic heterocycles. The van der Waals surface area contributed by atoms with Crippen LogP contribution in [0.2, 0.25) is 0 Å². The highest BCUT2D eigenvalue weighted by atomic mass is 19.1. The normalized spacial score (nSPS) is 11.2. The van der Waals surface area contributed by atoms with E-state index in [1.54, 1.807) is 6.07 Å². The van der Waals surface area contributed by atoms with Crippen LogP contribution in [0.25, 0.3) is 11.3 Å². The molecule has 0 saturated carbocycles. The summed E-state index contributed by atoms with van der Waals surface area (Å²) < 4.78 is 19.2. The summed E-state index contributed by atoms with van der Waals surface area (Å²) in [6, 6.07) is 5.43. The Kier molecular flexibility index (Phi) is 3.77. The fraction of sp³-hybridized carbons (Fsp3) is 0.357. The number of oxazole rings is 1. The van der Waals surface area contributed by atoms with Gasteiger partial charge < -0.3 is 9.73 Å². The zero-order chi connectivity index (χ0) is 13.1. The van der Waals surface area contributed by atoms with Gasteiger partial charge in [-0.2, -0.15) is 0 Å².